The Morgan fingerprint density at radius 1 is 0.864 bits per heavy atom. The highest BCUT2D eigenvalue weighted by atomic mass is 32.2. The second kappa shape index (κ2) is 15.4. The van der Waals surface area contributed by atoms with Crippen molar-refractivity contribution in [2.24, 2.45) is 0 Å². The molecule has 0 aromatic heterocycles. The van der Waals surface area contributed by atoms with Crippen LogP contribution in [0.25, 0.3) is 0 Å². The minimum Gasteiger partial charge on any atom is -0.352 e. The predicted molar refractivity (Wildman–Crippen MR) is 178 cm³/mol. The third kappa shape index (κ3) is 9.42. The molecule has 4 rings (SSSR count). The van der Waals surface area contributed by atoms with Gasteiger partial charge in [-0.15, -0.1) is 0 Å². The molecule has 0 saturated heterocycles. The van der Waals surface area contributed by atoms with Gasteiger partial charge in [0.15, 0.2) is 0 Å². The molecule has 1 aliphatic carbocycles. The Hall–Kier alpha value is -3.65. The first kappa shape index (κ1) is 33.2. The van der Waals surface area contributed by atoms with Crippen molar-refractivity contribution in [1.82, 2.24) is 10.2 Å². The van der Waals surface area contributed by atoms with Crippen molar-refractivity contribution in [3.05, 3.63) is 101 Å². The molecule has 1 saturated carbocycles. The van der Waals surface area contributed by atoms with Gasteiger partial charge in [-0.2, -0.15) is 0 Å². The number of carbonyl (C=O) groups is 2. The van der Waals surface area contributed by atoms with Gasteiger partial charge in [-0.25, -0.2) is 8.42 Å². The summed E-state index contributed by atoms with van der Waals surface area (Å²) < 4.78 is 26.9. The molecular weight excluding hydrogens is 570 g/mol. The van der Waals surface area contributed by atoms with Crippen LogP contribution >= 0.6 is 0 Å². The van der Waals surface area contributed by atoms with E-state index >= 15 is 0 Å². The van der Waals surface area contributed by atoms with Crippen LogP contribution in [0.2, 0.25) is 0 Å². The molecule has 8 heteroatoms. The number of amides is 2. The van der Waals surface area contributed by atoms with Crippen molar-refractivity contribution in [2.75, 3.05) is 17.1 Å². The lowest BCUT2D eigenvalue weighted by Crippen LogP contribution is -2.53. The molecule has 7 nitrogen and oxygen atoms in total. The standard InChI is InChI=1S/C36H47N3O4S/c1-27-13-11-16-31(23-27)26-38(34(25-30-14-7-5-8-15-30)36(41)37-32-17-9-6-10-18-32)35(40)19-12-22-39(44(4,42)43)33-21-20-28(2)29(3)24-33/h5,7-8,11,13-16,20-21,23-24,32,34H,6,9-10,12,17-19,22,25-26H2,1-4H3,(H,37,41)/t34-/m0/s1. The number of benzene rings is 3. The third-order valence-corrected chi connectivity index (χ3v) is 9.78. The second-order valence-corrected chi connectivity index (χ2v) is 14.2. The molecule has 0 radical (unpaired) electrons. The summed E-state index contributed by atoms with van der Waals surface area (Å²) in [6, 6.07) is 22.8. The molecular formula is C36H47N3O4S. The van der Waals surface area contributed by atoms with Gasteiger partial charge in [0, 0.05) is 32.0 Å². The number of nitrogens with zero attached hydrogens (tertiary/aromatic N) is 2. The number of carbonyl (C=O) groups excluding carboxylic acids is 2. The average Bonchev–Trinajstić information content (AvgIpc) is 2.99. The molecule has 2 amide bonds. The van der Waals surface area contributed by atoms with E-state index in [-0.39, 0.29) is 30.8 Å². The normalized spacial score (nSPS) is 14.5. The summed E-state index contributed by atoms with van der Waals surface area (Å²) in [5.74, 6) is -0.297. The maximum Gasteiger partial charge on any atom is 0.243 e. The highest BCUT2D eigenvalue weighted by Gasteiger charge is 2.32. The molecule has 0 spiro atoms. The molecule has 3 aromatic carbocycles. The van der Waals surface area contributed by atoms with Crippen LogP contribution in [0.3, 0.4) is 0 Å². The van der Waals surface area contributed by atoms with Gasteiger partial charge in [0.1, 0.15) is 6.04 Å². The number of hydrogen-bond donors (Lipinski definition) is 1. The Balaban J connectivity index is 1.59. The van der Waals surface area contributed by atoms with Gasteiger partial charge in [0.2, 0.25) is 21.8 Å². The van der Waals surface area contributed by atoms with Gasteiger partial charge in [-0.05, 0) is 74.4 Å². The summed E-state index contributed by atoms with van der Waals surface area (Å²) in [6.07, 6.45) is 7.31. The minimum atomic E-state index is -3.56. The van der Waals surface area contributed by atoms with Crippen LogP contribution in [0, 0.1) is 20.8 Å². The summed E-state index contributed by atoms with van der Waals surface area (Å²) >= 11 is 0. The van der Waals surface area contributed by atoms with Crippen LogP contribution in [-0.2, 0) is 32.6 Å². The first-order chi connectivity index (χ1) is 21.0. The Labute approximate surface area is 263 Å². The molecule has 1 N–H and O–H groups in total. The van der Waals surface area contributed by atoms with Gasteiger partial charge in [-0.3, -0.25) is 13.9 Å². The number of nitrogens with one attached hydrogen (secondary N) is 1. The van der Waals surface area contributed by atoms with Gasteiger partial charge >= 0.3 is 0 Å². The monoisotopic (exact) mass is 617 g/mol. The summed E-state index contributed by atoms with van der Waals surface area (Å²) in [4.78, 5) is 29.8. The zero-order valence-electron chi connectivity index (χ0n) is 26.6. The first-order valence-electron chi connectivity index (χ1n) is 15.8. The fourth-order valence-electron chi connectivity index (χ4n) is 5.99. The molecule has 0 heterocycles. The van der Waals surface area contributed by atoms with Gasteiger partial charge < -0.3 is 10.2 Å². The summed E-state index contributed by atoms with van der Waals surface area (Å²) in [7, 11) is -3.56. The molecule has 1 aliphatic rings. The fraction of sp³-hybridized carbons (Fsp3) is 0.444. The van der Waals surface area contributed by atoms with E-state index in [2.05, 4.69) is 5.32 Å². The number of rotatable bonds is 13. The van der Waals surface area contributed by atoms with Crippen LogP contribution in [0.1, 0.15) is 72.8 Å². The lowest BCUT2D eigenvalue weighted by Gasteiger charge is -2.34. The number of hydrogen-bond acceptors (Lipinski definition) is 4. The van der Waals surface area contributed by atoms with Crippen LogP contribution in [0.5, 0.6) is 0 Å². The lowest BCUT2D eigenvalue weighted by molar-refractivity contribution is -0.141. The molecule has 0 aliphatic heterocycles. The Morgan fingerprint density at radius 2 is 1.57 bits per heavy atom. The highest BCUT2D eigenvalue weighted by molar-refractivity contribution is 7.92. The summed E-state index contributed by atoms with van der Waals surface area (Å²) in [5.41, 5.74) is 5.70. The van der Waals surface area contributed by atoms with Gasteiger partial charge in [0.25, 0.3) is 0 Å². The van der Waals surface area contributed by atoms with E-state index in [0.717, 1.165) is 53.5 Å². The Kier molecular flexibility index (Phi) is 11.6. The largest absolute Gasteiger partial charge is 0.352 e. The molecule has 0 unspecified atom stereocenters. The van der Waals surface area contributed by atoms with Crippen LogP contribution in [0.15, 0.2) is 72.8 Å². The average molecular weight is 618 g/mol. The lowest BCUT2D eigenvalue weighted by atomic mass is 9.94. The molecule has 236 valence electrons. The van der Waals surface area contributed by atoms with Crippen molar-refractivity contribution in [2.45, 2.75) is 90.8 Å². The predicted octanol–water partition coefficient (Wildman–Crippen LogP) is 6.25. The van der Waals surface area contributed by atoms with Gasteiger partial charge in [-0.1, -0.05) is 85.5 Å². The minimum absolute atomic E-state index is 0.116. The summed E-state index contributed by atoms with van der Waals surface area (Å²) in [6.45, 7) is 6.42. The highest BCUT2D eigenvalue weighted by Crippen LogP contribution is 2.24. The zero-order chi connectivity index (χ0) is 31.7. The van der Waals surface area contributed by atoms with Crippen molar-refractivity contribution < 1.29 is 18.0 Å². The Morgan fingerprint density at radius 3 is 2.23 bits per heavy atom. The first-order valence-corrected chi connectivity index (χ1v) is 17.6. The van der Waals surface area contributed by atoms with E-state index in [1.807, 2.05) is 87.5 Å². The van der Waals surface area contributed by atoms with Crippen molar-refractivity contribution in [3.8, 4) is 0 Å². The summed E-state index contributed by atoms with van der Waals surface area (Å²) in [5, 5.41) is 3.28. The third-order valence-electron chi connectivity index (χ3n) is 8.59. The van der Waals surface area contributed by atoms with E-state index < -0.39 is 16.1 Å². The topological polar surface area (TPSA) is 86.8 Å². The quantitative estimate of drug-likeness (QED) is 0.246. The second-order valence-electron chi connectivity index (χ2n) is 12.3. The van der Waals surface area contributed by atoms with Gasteiger partial charge in [0.05, 0.1) is 11.9 Å². The number of anilines is 1. The van der Waals surface area contributed by atoms with E-state index in [4.69, 9.17) is 0 Å². The molecule has 0 bridgehead atoms. The Bertz CT molecular complexity index is 1520. The van der Waals surface area contributed by atoms with Crippen molar-refractivity contribution in [1.29, 1.82) is 0 Å². The van der Waals surface area contributed by atoms with Crippen LogP contribution < -0.4 is 9.62 Å². The smallest absolute Gasteiger partial charge is 0.243 e. The van der Waals surface area contributed by atoms with Crippen molar-refractivity contribution in [3.63, 3.8) is 0 Å². The van der Waals surface area contributed by atoms with Crippen LogP contribution in [-0.4, -0.2) is 50.0 Å². The maximum absolute atomic E-state index is 14.1. The van der Waals surface area contributed by atoms with E-state index in [0.29, 0.717) is 25.1 Å². The molecule has 3 aromatic rings. The number of sulfonamides is 1. The molecule has 44 heavy (non-hydrogen) atoms. The molecule has 1 fully saturated rings. The van der Waals surface area contributed by atoms with E-state index in [9.17, 15) is 18.0 Å². The zero-order valence-corrected chi connectivity index (χ0v) is 27.4. The molecule has 1 atom stereocenters. The number of aryl methyl sites for hydroxylation is 3. The SMILES string of the molecule is Cc1cccc(CN(C(=O)CCCN(c2ccc(C)c(C)c2)S(C)(=O)=O)[C@@H](Cc2ccccc2)C(=O)NC2CCCCC2)c1. The maximum atomic E-state index is 14.1. The fourth-order valence-corrected chi connectivity index (χ4v) is 6.95. The van der Waals surface area contributed by atoms with Crippen LogP contribution in [0.4, 0.5) is 5.69 Å². The van der Waals surface area contributed by atoms with E-state index in [1.54, 1.807) is 11.0 Å². The van der Waals surface area contributed by atoms with Crippen molar-refractivity contribution >= 4 is 27.5 Å². The van der Waals surface area contributed by atoms with E-state index in [1.165, 1.54) is 17.0 Å².